The number of aromatic nitrogens is 1. The molecule has 0 saturated carbocycles. The molecule has 0 radical (unpaired) electrons. The van der Waals surface area contributed by atoms with Crippen molar-refractivity contribution < 1.29 is 9.59 Å². The first kappa shape index (κ1) is 16.2. The Hall–Kier alpha value is -2.21. The monoisotopic (exact) mass is 317 g/mol. The van der Waals surface area contributed by atoms with Crippen molar-refractivity contribution in [2.45, 2.75) is 26.2 Å². The van der Waals surface area contributed by atoms with Crippen LogP contribution in [0.3, 0.4) is 0 Å². The van der Waals surface area contributed by atoms with E-state index in [1.807, 2.05) is 0 Å². The molecular weight excluding hydrogens is 298 g/mol. The number of rotatable bonds is 3. The predicted molar refractivity (Wildman–Crippen MR) is 88.6 cm³/mol. The Bertz CT molecular complexity index is 701. The number of carbonyl (C=O) groups excluding carboxylic acids is 2. The Morgan fingerprint density at radius 1 is 1.14 bits per heavy atom. The topological polar surface area (TPSA) is 71.1 Å². The zero-order valence-corrected chi connectivity index (χ0v) is 13.9. The molecule has 0 aliphatic rings. The maximum atomic E-state index is 12.3. The Morgan fingerprint density at radius 2 is 1.82 bits per heavy atom. The molecule has 1 aromatic heterocycles. The van der Waals surface area contributed by atoms with Gasteiger partial charge in [0, 0.05) is 12.5 Å². The van der Waals surface area contributed by atoms with Crippen LogP contribution in [0.1, 0.15) is 45.8 Å². The standard InChI is InChI=1S/C16H19N3O2S/c1-16(2,3)15-18-9-12(22-15)14(21)19-11-8-6-5-7-10(11)13(20)17-4/h5-9H,1-4H3,(H,17,20)(H,19,21). The van der Waals surface area contributed by atoms with E-state index in [-0.39, 0.29) is 17.2 Å². The third-order valence-corrected chi connectivity index (χ3v) is 4.44. The number of thiazole rings is 1. The minimum absolute atomic E-state index is 0.0940. The van der Waals surface area contributed by atoms with E-state index < -0.39 is 0 Å². The molecular formula is C16H19N3O2S. The SMILES string of the molecule is CNC(=O)c1ccccc1NC(=O)c1cnc(C(C)(C)C)s1. The summed E-state index contributed by atoms with van der Waals surface area (Å²) in [6.07, 6.45) is 1.57. The van der Waals surface area contributed by atoms with Crippen molar-refractivity contribution in [1.82, 2.24) is 10.3 Å². The first-order chi connectivity index (χ1) is 10.3. The summed E-state index contributed by atoms with van der Waals surface area (Å²) >= 11 is 1.36. The Kier molecular flexibility index (Phi) is 4.61. The van der Waals surface area contributed by atoms with E-state index in [9.17, 15) is 9.59 Å². The second-order valence-electron chi connectivity index (χ2n) is 5.86. The lowest BCUT2D eigenvalue weighted by molar-refractivity contribution is 0.0964. The van der Waals surface area contributed by atoms with Crippen LogP contribution in [0.15, 0.2) is 30.5 Å². The average molecular weight is 317 g/mol. The zero-order chi connectivity index (χ0) is 16.3. The molecule has 116 valence electrons. The summed E-state index contributed by atoms with van der Waals surface area (Å²) in [5.41, 5.74) is 0.819. The molecule has 0 atom stereocenters. The van der Waals surface area contributed by atoms with Crippen molar-refractivity contribution in [3.8, 4) is 0 Å². The Labute approximate surface area is 133 Å². The third kappa shape index (κ3) is 3.51. The second-order valence-corrected chi connectivity index (χ2v) is 6.89. The fourth-order valence-corrected chi connectivity index (χ4v) is 2.70. The molecule has 2 rings (SSSR count). The molecule has 0 aliphatic heterocycles. The van der Waals surface area contributed by atoms with Gasteiger partial charge in [0.15, 0.2) is 0 Å². The number of nitrogens with one attached hydrogen (secondary N) is 2. The predicted octanol–water partition coefficient (Wildman–Crippen LogP) is 3.05. The van der Waals surface area contributed by atoms with Gasteiger partial charge in [-0.1, -0.05) is 32.9 Å². The van der Waals surface area contributed by atoms with Gasteiger partial charge in [0.2, 0.25) is 0 Å². The number of amides is 2. The second kappa shape index (κ2) is 6.27. The van der Waals surface area contributed by atoms with Crippen molar-refractivity contribution in [1.29, 1.82) is 0 Å². The van der Waals surface area contributed by atoms with Gasteiger partial charge in [0.1, 0.15) is 4.88 Å². The van der Waals surface area contributed by atoms with E-state index in [1.54, 1.807) is 37.5 Å². The van der Waals surface area contributed by atoms with E-state index >= 15 is 0 Å². The van der Waals surface area contributed by atoms with Crippen LogP contribution in [0.4, 0.5) is 5.69 Å². The lowest BCUT2D eigenvalue weighted by Crippen LogP contribution is -2.21. The normalized spacial score (nSPS) is 11.1. The van der Waals surface area contributed by atoms with Crippen LogP contribution in [0.2, 0.25) is 0 Å². The highest BCUT2D eigenvalue weighted by Gasteiger charge is 2.21. The number of para-hydroxylation sites is 1. The molecule has 2 aromatic rings. The van der Waals surface area contributed by atoms with Gasteiger partial charge >= 0.3 is 0 Å². The average Bonchev–Trinajstić information content (AvgIpc) is 2.97. The van der Waals surface area contributed by atoms with Crippen LogP contribution in [0.5, 0.6) is 0 Å². The van der Waals surface area contributed by atoms with Gasteiger partial charge in [0.05, 0.1) is 22.5 Å². The summed E-state index contributed by atoms with van der Waals surface area (Å²) in [7, 11) is 1.56. The maximum absolute atomic E-state index is 12.3. The summed E-state index contributed by atoms with van der Waals surface area (Å²) in [4.78, 5) is 29.0. The van der Waals surface area contributed by atoms with E-state index in [0.717, 1.165) is 5.01 Å². The van der Waals surface area contributed by atoms with Crippen LogP contribution in [0, 0.1) is 0 Å². The van der Waals surface area contributed by atoms with E-state index in [2.05, 4.69) is 36.4 Å². The van der Waals surface area contributed by atoms with Gasteiger partial charge in [0.25, 0.3) is 11.8 Å². The maximum Gasteiger partial charge on any atom is 0.267 e. The summed E-state index contributed by atoms with van der Waals surface area (Å²) < 4.78 is 0. The largest absolute Gasteiger partial charge is 0.355 e. The molecule has 2 amide bonds. The number of carbonyl (C=O) groups is 2. The first-order valence-electron chi connectivity index (χ1n) is 6.91. The van der Waals surface area contributed by atoms with Crippen LogP contribution >= 0.6 is 11.3 Å². The summed E-state index contributed by atoms with van der Waals surface area (Å²) in [5, 5.41) is 6.24. The van der Waals surface area contributed by atoms with Crippen molar-refractivity contribution in [3.05, 3.63) is 45.9 Å². The highest BCUT2D eigenvalue weighted by molar-refractivity contribution is 7.13. The molecule has 5 nitrogen and oxygen atoms in total. The summed E-state index contributed by atoms with van der Waals surface area (Å²) in [5.74, 6) is -0.500. The van der Waals surface area contributed by atoms with Crippen LogP contribution < -0.4 is 10.6 Å². The molecule has 0 aliphatic carbocycles. The number of hydrogen-bond donors (Lipinski definition) is 2. The minimum Gasteiger partial charge on any atom is -0.355 e. The Balaban J connectivity index is 2.23. The smallest absolute Gasteiger partial charge is 0.267 e. The van der Waals surface area contributed by atoms with E-state index in [4.69, 9.17) is 0 Å². The number of benzene rings is 1. The molecule has 22 heavy (non-hydrogen) atoms. The third-order valence-electron chi connectivity index (χ3n) is 3.02. The van der Waals surface area contributed by atoms with Crippen molar-refractivity contribution >= 4 is 28.8 Å². The van der Waals surface area contributed by atoms with Crippen molar-refractivity contribution in [2.24, 2.45) is 0 Å². The number of hydrogen-bond acceptors (Lipinski definition) is 4. The molecule has 1 heterocycles. The highest BCUT2D eigenvalue weighted by Crippen LogP contribution is 2.27. The quantitative estimate of drug-likeness (QED) is 0.914. The molecule has 0 spiro atoms. The zero-order valence-electron chi connectivity index (χ0n) is 13.1. The molecule has 0 saturated heterocycles. The highest BCUT2D eigenvalue weighted by atomic mass is 32.1. The van der Waals surface area contributed by atoms with Crippen molar-refractivity contribution in [3.63, 3.8) is 0 Å². The Morgan fingerprint density at radius 3 is 2.41 bits per heavy atom. The summed E-state index contributed by atoms with van der Waals surface area (Å²) in [6, 6.07) is 6.90. The first-order valence-corrected chi connectivity index (χ1v) is 7.73. The van der Waals surface area contributed by atoms with Crippen LogP contribution in [-0.4, -0.2) is 23.8 Å². The van der Waals surface area contributed by atoms with E-state index in [0.29, 0.717) is 16.1 Å². The molecule has 0 fully saturated rings. The molecule has 0 bridgehead atoms. The fourth-order valence-electron chi connectivity index (χ4n) is 1.83. The van der Waals surface area contributed by atoms with Crippen LogP contribution in [-0.2, 0) is 5.41 Å². The molecule has 6 heteroatoms. The number of anilines is 1. The van der Waals surface area contributed by atoms with Gasteiger partial charge in [-0.3, -0.25) is 9.59 Å². The lowest BCUT2D eigenvalue weighted by atomic mass is 9.98. The fraction of sp³-hybridized carbons (Fsp3) is 0.312. The number of nitrogens with zero attached hydrogens (tertiary/aromatic N) is 1. The van der Waals surface area contributed by atoms with E-state index in [1.165, 1.54) is 11.3 Å². The van der Waals surface area contributed by atoms with Crippen molar-refractivity contribution in [2.75, 3.05) is 12.4 Å². The van der Waals surface area contributed by atoms with Gasteiger partial charge in [-0.05, 0) is 12.1 Å². The lowest BCUT2D eigenvalue weighted by Gasteiger charge is -2.13. The van der Waals surface area contributed by atoms with Crippen LogP contribution in [0.25, 0.3) is 0 Å². The summed E-state index contributed by atoms with van der Waals surface area (Å²) in [6.45, 7) is 6.15. The van der Waals surface area contributed by atoms with Gasteiger partial charge in [-0.2, -0.15) is 0 Å². The molecule has 2 N–H and O–H groups in total. The van der Waals surface area contributed by atoms with Gasteiger partial charge in [-0.25, -0.2) is 4.98 Å². The van der Waals surface area contributed by atoms with Gasteiger partial charge in [-0.15, -0.1) is 11.3 Å². The molecule has 0 unspecified atom stereocenters. The molecule has 1 aromatic carbocycles. The minimum atomic E-state index is -0.260. The van der Waals surface area contributed by atoms with Gasteiger partial charge < -0.3 is 10.6 Å².